The first kappa shape index (κ1) is 26.7. The Morgan fingerprint density at radius 3 is 2.79 bits per heavy atom. The Morgan fingerprint density at radius 2 is 2.05 bits per heavy atom. The molecule has 9 heteroatoms. The number of halogens is 4. The van der Waals surface area contributed by atoms with E-state index < -0.39 is 17.3 Å². The fraction of sp³-hybridized carbons (Fsp3) is 0.345. The molecule has 0 saturated carbocycles. The number of benzene rings is 1. The van der Waals surface area contributed by atoms with Gasteiger partial charge in [-0.1, -0.05) is 35.9 Å². The van der Waals surface area contributed by atoms with Crippen LogP contribution >= 0.6 is 11.6 Å². The summed E-state index contributed by atoms with van der Waals surface area (Å²) < 4.78 is 51.7. The first-order valence-electron chi connectivity index (χ1n) is 12.5. The second-order valence-corrected chi connectivity index (χ2v) is 10.1. The van der Waals surface area contributed by atoms with Gasteiger partial charge in [0.25, 0.3) is 0 Å². The van der Waals surface area contributed by atoms with E-state index in [2.05, 4.69) is 22.0 Å². The fourth-order valence-electron chi connectivity index (χ4n) is 5.12. The summed E-state index contributed by atoms with van der Waals surface area (Å²) in [6, 6.07) is 7.52. The molecule has 1 aromatic heterocycles. The van der Waals surface area contributed by atoms with Gasteiger partial charge in [-0.2, -0.15) is 13.2 Å². The van der Waals surface area contributed by atoms with E-state index in [1.165, 1.54) is 12.1 Å². The Bertz CT molecular complexity index is 1320. The highest BCUT2D eigenvalue weighted by atomic mass is 35.5. The molecule has 3 heterocycles. The highest BCUT2D eigenvalue weighted by molar-refractivity contribution is 6.31. The Labute approximate surface area is 224 Å². The maximum absolute atomic E-state index is 13.3. The molecule has 5 rings (SSSR count). The summed E-state index contributed by atoms with van der Waals surface area (Å²) in [4.78, 5) is 6.63. The molecule has 2 aliphatic heterocycles. The third-order valence-electron chi connectivity index (χ3n) is 7.28. The van der Waals surface area contributed by atoms with Gasteiger partial charge in [-0.3, -0.25) is 0 Å². The molecule has 38 heavy (non-hydrogen) atoms. The Morgan fingerprint density at radius 1 is 1.26 bits per heavy atom. The van der Waals surface area contributed by atoms with E-state index in [1.807, 2.05) is 30.4 Å². The minimum Gasteiger partial charge on any atom is -0.438 e. The number of aliphatic hydroxyl groups is 1. The number of hydrogen-bond donors (Lipinski definition) is 1. The van der Waals surface area contributed by atoms with Gasteiger partial charge in [-0.05, 0) is 66.8 Å². The van der Waals surface area contributed by atoms with Crippen LogP contribution in [0.5, 0.6) is 5.88 Å². The molecule has 1 aromatic carbocycles. The fourth-order valence-corrected chi connectivity index (χ4v) is 5.34. The quantitative estimate of drug-likeness (QED) is 0.479. The van der Waals surface area contributed by atoms with Gasteiger partial charge in [0, 0.05) is 44.1 Å². The van der Waals surface area contributed by atoms with Crippen LogP contribution in [-0.2, 0) is 16.5 Å². The number of rotatable bonds is 5. The summed E-state index contributed by atoms with van der Waals surface area (Å²) in [6.45, 7) is 1.87. The molecule has 1 aliphatic carbocycles. The summed E-state index contributed by atoms with van der Waals surface area (Å²) in [7, 11) is 1.66. The standard InChI is InChI=1S/C29H28ClF3N2O3/c1-37-25-7-2-8-26-22(25)17-19(21-6-3-13-34-27(21)38-26)5-4-14-35-15-11-28(36,12-16-35)20-9-10-24(30)23(18-20)29(31,32)33/h2-3,5-10,13,17-18,25,36H,4,11-12,14-16H2,1H3. The van der Waals surface area contributed by atoms with Crippen molar-refractivity contribution in [1.29, 1.82) is 0 Å². The van der Waals surface area contributed by atoms with Crippen LogP contribution in [0, 0.1) is 0 Å². The first-order chi connectivity index (χ1) is 18.2. The lowest BCUT2D eigenvalue weighted by Gasteiger charge is -2.38. The number of allylic oxidation sites excluding steroid dienone is 4. The minimum atomic E-state index is -4.57. The lowest BCUT2D eigenvalue weighted by Crippen LogP contribution is -2.42. The Balaban J connectivity index is 1.28. The van der Waals surface area contributed by atoms with Gasteiger partial charge >= 0.3 is 6.18 Å². The monoisotopic (exact) mass is 544 g/mol. The van der Waals surface area contributed by atoms with Gasteiger partial charge in [0.1, 0.15) is 11.9 Å². The first-order valence-corrected chi connectivity index (χ1v) is 12.8. The van der Waals surface area contributed by atoms with Crippen LogP contribution in [-0.4, -0.2) is 47.8 Å². The number of nitrogens with zero attached hydrogens (tertiary/aromatic N) is 2. The van der Waals surface area contributed by atoms with Crippen molar-refractivity contribution in [2.75, 3.05) is 26.7 Å². The number of fused-ring (bicyclic) bond motifs is 2. The second-order valence-electron chi connectivity index (χ2n) is 9.64. The van der Waals surface area contributed by atoms with Crippen LogP contribution in [0.1, 0.15) is 36.0 Å². The van der Waals surface area contributed by atoms with Crippen molar-refractivity contribution in [2.24, 2.45) is 0 Å². The average molecular weight is 545 g/mol. The minimum absolute atomic E-state index is 0.224. The van der Waals surface area contributed by atoms with E-state index >= 15 is 0 Å². The number of hydrogen-bond acceptors (Lipinski definition) is 5. The van der Waals surface area contributed by atoms with Crippen LogP contribution in [0.2, 0.25) is 5.02 Å². The van der Waals surface area contributed by atoms with Crippen LogP contribution < -0.4 is 4.74 Å². The molecule has 1 unspecified atom stereocenters. The van der Waals surface area contributed by atoms with Crippen molar-refractivity contribution in [3.8, 4) is 5.88 Å². The van der Waals surface area contributed by atoms with Gasteiger partial charge in [0.15, 0.2) is 0 Å². The van der Waals surface area contributed by atoms with Crippen molar-refractivity contribution >= 4 is 17.2 Å². The van der Waals surface area contributed by atoms with Gasteiger partial charge in [-0.25, -0.2) is 4.98 Å². The zero-order valence-electron chi connectivity index (χ0n) is 20.8. The number of ether oxygens (including phenoxy) is 2. The van der Waals surface area contributed by atoms with Crippen molar-refractivity contribution in [3.63, 3.8) is 0 Å². The highest BCUT2D eigenvalue weighted by Crippen LogP contribution is 2.40. The number of alkyl halides is 3. The molecule has 0 amide bonds. The van der Waals surface area contributed by atoms with Crippen LogP contribution in [0.15, 0.2) is 78.2 Å². The summed E-state index contributed by atoms with van der Waals surface area (Å²) >= 11 is 5.76. The Kier molecular flexibility index (Phi) is 7.51. The van der Waals surface area contributed by atoms with Crippen LogP contribution in [0.4, 0.5) is 13.2 Å². The van der Waals surface area contributed by atoms with Gasteiger partial charge in [0.2, 0.25) is 5.88 Å². The molecule has 200 valence electrons. The summed E-state index contributed by atoms with van der Waals surface area (Å²) in [6.07, 6.45) is 8.29. The Hall–Kier alpha value is -2.91. The molecule has 1 N–H and O–H groups in total. The van der Waals surface area contributed by atoms with Crippen molar-refractivity contribution < 1.29 is 27.8 Å². The highest BCUT2D eigenvalue weighted by Gasteiger charge is 2.38. The lowest BCUT2D eigenvalue weighted by atomic mass is 9.83. The third kappa shape index (κ3) is 5.45. The normalized spacial score (nSPS) is 22.2. The molecule has 0 spiro atoms. The van der Waals surface area contributed by atoms with Crippen molar-refractivity contribution in [2.45, 2.75) is 37.1 Å². The summed E-state index contributed by atoms with van der Waals surface area (Å²) in [5.41, 5.74) is 0.809. The van der Waals surface area contributed by atoms with Crippen molar-refractivity contribution in [3.05, 3.63) is 100.0 Å². The van der Waals surface area contributed by atoms with Gasteiger partial charge in [0.05, 0.1) is 16.2 Å². The van der Waals surface area contributed by atoms with E-state index in [4.69, 9.17) is 21.1 Å². The maximum atomic E-state index is 13.3. The number of piperidine rings is 1. The molecule has 0 bridgehead atoms. The largest absolute Gasteiger partial charge is 0.438 e. The number of pyridine rings is 1. The molecule has 1 fully saturated rings. The topological polar surface area (TPSA) is 54.8 Å². The van der Waals surface area contributed by atoms with Crippen molar-refractivity contribution in [1.82, 2.24) is 9.88 Å². The molecule has 1 atom stereocenters. The van der Waals surface area contributed by atoms with Gasteiger partial charge in [-0.15, -0.1) is 0 Å². The molecule has 3 aliphatic rings. The number of aromatic nitrogens is 1. The van der Waals surface area contributed by atoms with E-state index in [9.17, 15) is 18.3 Å². The predicted molar refractivity (Wildman–Crippen MR) is 140 cm³/mol. The predicted octanol–water partition coefficient (Wildman–Crippen LogP) is 6.30. The molecule has 2 aromatic rings. The van der Waals surface area contributed by atoms with E-state index in [0.717, 1.165) is 35.7 Å². The SMILES string of the molecule is COC1C=CC=C2Oc3ncccc3C(=CCCN3CCC(O)(c4ccc(Cl)c(C(F)(F)F)c4)CC3)C=C21. The summed E-state index contributed by atoms with van der Waals surface area (Å²) in [5, 5.41) is 10.8. The number of likely N-dealkylation sites (tertiary alicyclic amines) is 1. The van der Waals surface area contributed by atoms with Gasteiger partial charge < -0.3 is 19.5 Å². The third-order valence-corrected chi connectivity index (χ3v) is 7.61. The maximum Gasteiger partial charge on any atom is 0.417 e. The molecule has 0 radical (unpaired) electrons. The van der Waals surface area contributed by atoms with Crippen LogP contribution in [0.3, 0.4) is 0 Å². The molecule has 1 saturated heterocycles. The summed E-state index contributed by atoms with van der Waals surface area (Å²) in [5.74, 6) is 1.24. The van der Waals surface area contributed by atoms with E-state index in [-0.39, 0.29) is 16.7 Å². The van der Waals surface area contributed by atoms with Crippen LogP contribution in [0.25, 0.3) is 5.57 Å². The van der Waals surface area contributed by atoms with E-state index in [1.54, 1.807) is 13.3 Å². The lowest BCUT2D eigenvalue weighted by molar-refractivity contribution is -0.137. The smallest absolute Gasteiger partial charge is 0.417 e. The average Bonchev–Trinajstić information content (AvgIpc) is 3.06. The molecule has 5 nitrogen and oxygen atoms in total. The zero-order valence-corrected chi connectivity index (χ0v) is 21.6. The number of methoxy groups -OCH3 is 1. The molecular formula is C29H28ClF3N2O3. The van der Waals surface area contributed by atoms with E-state index in [0.29, 0.717) is 37.6 Å². The second kappa shape index (κ2) is 10.7. The molecular weight excluding hydrogens is 517 g/mol. The zero-order chi connectivity index (χ0) is 26.9.